The van der Waals surface area contributed by atoms with Gasteiger partial charge in [0.05, 0.1) is 5.52 Å². The summed E-state index contributed by atoms with van der Waals surface area (Å²) >= 11 is 0. The van der Waals surface area contributed by atoms with E-state index in [2.05, 4.69) is 31.0 Å². The van der Waals surface area contributed by atoms with E-state index in [1.54, 1.807) is 0 Å². The van der Waals surface area contributed by atoms with Crippen LogP contribution in [0.25, 0.3) is 10.9 Å². The second-order valence-corrected chi connectivity index (χ2v) is 6.79. The van der Waals surface area contributed by atoms with Crippen molar-refractivity contribution in [1.29, 1.82) is 0 Å². The van der Waals surface area contributed by atoms with E-state index >= 15 is 0 Å². The number of nitrogens with zero attached hydrogens (tertiary/aromatic N) is 1. The molecule has 0 aliphatic heterocycles. The maximum atomic E-state index is 10.6. The Morgan fingerprint density at radius 2 is 1.68 bits per heavy atom. The maximum absolute atomic E-state index is 10.6. The Hall–Kier alpha value is -2.55. The third-order valence-corrected chi connectivity index (χ3v) is 4.78. The minimum atomic E-state index is 0.306. The van der Waals surface area contributed by atoms with Gasteiger partial charge in [-0.3, -0.25) is 4.98 Å². The maximum Gasteiger partial charge on any atom is 0.131 e. The van der Waals surface area contributed by atoms with Gasteiger partial charge in [0.2, 0.25) is 0 Å². The first-order valence-electron chi connectivity index (χ1n) is 8.82. The molecule has 3 heteroatoms. The number of pyridine rings is 1. The van der Waals surface area contributed by atoms with Gasteiger partial charge in [-0.2, -0.15) is 0 Å². The van der Waals surface area contributed by atoms with Crippen LogP contribution in [0.15, 0.2) is 36.4 Å². The highest BCUT2D eigenvalue weighted by Crippen LogP contribution is 2.37. The molecule has 0 atom stereocenters. The molecule has 0 saturated carbocycles. The highest BCUT2D eigenvalue weighted by molar-refractivity contribution is 5.91. The van der Waals surface area contributed by atoms with E-state index in [0.717, 1.165) is 45.6 Å². The van der Waals surface area contributed by atoms with Gasteiger partial charge >= 0.3 is 0 Å². The number of fused-ring (bicyclic) bond motifs is 1. The lowest BCUT2D eigenvalue weighted by Gasteiger charge is -2.15. The van der Waals surface area contributed by atoms with Crippen LogP contribution in [0.4, 0.5) is 0 Å². The van der Waals surface area contributed by atoms with Crippen molar-refractivity contribution in [3.8, 4) is 17.2 Å². The van der Waals surface area contributed by atoms with Crippen molar-refractivity contribution in [2.75, 3.05) is 0 Å². The van der Waals surface area contributed by atoms with Gasteiger partial charge < -0.3 is 9.84 Å². The Bertz CT molecular complexity index is 912. The van der Waals surface area contributed by atoms with Crippen LogP contribution in [0, 0.1) is 13.8 Å². The molecular weight excluding hydrogens is 310 g/mol. The number of aryl methyl sites for hydroxylation is 2. The summed E-state index contributed by atoms with van der Waals surface area (Å²) in [5, 5.41) is 11.4. The second kappa shape index (κ2) is 6.75. The van der Waals surface area contributed by atoms with Crippen LogP contribution in [-0.4, -0.2) is 10.1 Å². The first-order valence-corrected chi connectivity index (χ1v) is 8.82. The van der Waals surface area contributed by atoms with E-state index < -0.39 is 0 Å². The van der Waals surface area contributed by atoms with Crippen molar-refractivity contribution in [3.63, 3.8) is 0 Å². The summed E-state index contributed by atoms with van der Waals surface area (Å²) in [6.07, 6.45) is 0.800. The van der Waals surface area contributed by atoms with Crippen molar-refractivity contribution in [3.05, 3.63) is 58.8 Å². The molecule has 0 amide bonds. The number of ether oxygens (including phenoxy) is 1. The Kier molecular flexibility index (Phi) is 4.67. The summed E-state index contributed by atoms with van der Waals surface area (Å²) in [6, 6.07) is 12.0. The molecule has 0 unspecified atom stereocenters. The summed E-state index contributed by atoms with van der Waals surface area (Å²) in [5.74, 6) is 2.34. The zero-order chi connectivity index (χ0) is 18.1. The van der Waals surface area contributed by atoms with Gasteiger partial charge in [-0.25, -0.2) is 0 Å². The van der Waals surface area contributed by atoms with E-state index in [1.165, 1.54) is 5.56 Å². The van der Waals surface area contributed by atoms with Crippen molar-refractivity contribution in [2.45, 2.75) is 47.0 Å². The lowest BCUT2D eigenvalue weighted by Crippen LogP contribution is -1.97. The molecule has 25 heavy (non-hydrogen) atoms. The highest BCUT2D eigenvalue weighted by atomic mass is 16.5. The zero-order valence-corrected chi connectivity index (χ0v) is 15.6. The van der Waals surface area contributed by atoms with Crippen LogP contribution in [0.5, 0.6) is 17.2 Å². The zero-order valence-electron chi connectivity index (χ0n) is 15.6. The molecule has 0 bridgehead atoms. The molecule has 3 aromatic rings. The van der Waals surface area contributed by atoms with E-state index in [-0.39, 0.29) is 0 Å². The lowest BCUT2D eigenvalue weighted by molar-refractivity contribution is 0.470. The minimum Gasteiger partial charge on any atom is -0.507 e. The van der Waals surface area contributed by atoms with Gasteiger partial charge in [0.25, 0.3) is 0 Å². The van der Waals surface area contributed by atoms with Crippen LogP contribution in [0.3, 0.4) is 0 Å². The van der Waals surface area contributed by atoms with Crippen molar-refractivity contribution in [2.24, 2.45) is 0 Å². The molecule has 1 heterocycles. The normalized spacial score (nSPS) is 11.3. The fraction of sp³-hybridized carbons (Fsp3) is 0.318. The molecule has 0 spiro atoms. The average molecular weight is 335 g/mol. The molecule has 0 fully saturated rings. The van der Waals surface area contributed by atoms with E-state index in [0.29, 0.717) is 11.7 Å². The van der Waals surface area contributed by atoms with Crippen molar-refractivity contribution < 1.29 is 9.84 Å². The summed E-state index contributed by atoms with van der Waals surface area (Å²) in [5.41, 5.74) is 4.77. The van der Waals surface area contributed by atoms with Crippen molar-refractivity contribution >= 4 is 10.9 Å². The van der Waals surface area contributed by atoms with Gasteiger partial charge in [-0.15, -0.1) is 0 Å². The highest BCUT2D eigenvalue weighted by Gasteiger charge is 2.15. The van der Waals surface area contributed by atoms with E-state index in [4.69, 9.17) is 4.74 Å². The molecule has 1 aromatic heterocycles. The fourth-order valence-corrected chi connectivity index (χ4v) is 3.13. The molecule has 0 aliphatic rings. The monoisotopic (exact) mass is 335 g/mol. The molecule has 0 radical (unpaired) electrons. The Balaban J connectivity index is 2.03. The number of aromatic nitrogens is 1. The number of rotatable bonds is 4. The predicted molar refractivity (Wildman–Crippen MR) is 103 cm³/mol. The van der Waals surface area contributed by atoms with Crippen LogP contribution in [0.1, 0.15) is 49.1 Å². The molecule has 3 rings (SSSR count). The smallest absolute Gasteiger partial charge is 0.131 e. The molecule has 1 N–H and O–H groups in total. The predicted octanol–water partition coefficient (Wildman–Crippen LogP) is 6.04. The number of hydrogen-bond acceptors (Lipinski definition) is 3. The molecule has 130 valence electrons. The van der Waals surface area contributed by atoms with Gasteiger partial charge in [0, 0.05) is 22.2 Å². The minimum absolute atomic E-state index is 0.306. The van der Waals surface area contributed by atoms with E-state index in [1.807, 2.05) is 45.0 Å². The molecule has 2 aromatic carbocycles. The molecule has 0 aliphatic carbocycles. The van der Waals surface area contributed by atoms with Crippen LogP contribution in [0.2, 0.25) is 0 Å². The fourth-order valence-electron chi connectivity index (χ4n) is 3.13. The largest absolute Gasteiger partial charge is 0.507 e. The lowest BCUT2D eigenvalue weighted by atomic mass is 10.0. The van der Waals surface area contributed by atoms with Gasteiger partial charge in [0.1, 0.15) is 17.2 Å². The number of benzene rings is 2. The van der Waals surface area contributed by atoms with Gasteiger partial charge in [-0.1, -0.05) is 32.9 Å². The second-order valence-electron chi connectivity index (χ2n) is 6.79. The number of aromatic hydroxyl groups is 1. The topological polar surface area (TPSA) is 42.4 Å². The Labute approximate surface area is 149 Å². The Morgan fingerprint density at radius 1 is 1.00 bits per heavy atom. The summed E-state index contributed by atoms with van der Waals surface area (Å²) in [7, 11) is 0. The SMILES string of the molecule is CCc1nc2ccc(Oc3ccc(C(C)C)cc3)c(C)c2c(O)c1C. The first kappa shape index (κ1) is 17.3. The van der Waals surface area contributed by atoms with Crippen LogP contribution in [-0.2, 0) is 6.42 Å². The van der Waals surface area contributed by atoms with Crippen molar-refractivity contribution in [1.82, 2.24) is 4.98 Å². The molecular formula is C22H25NO2. The molecule has 0 saturated heterocycles. The standard InChI is InChI=1S/C22H25NO2/c1-6-18-14(4)22(24)21-15(5)20(12-11-19(21)23-18)25-17-9-7-16(8-10-17)13(2)3/h7-13H,6H2,1-5H3,(H,23,24). The summed E-state index contributed by atoms with van der Waals surface area (Å²) in [6.45, 7) is 10.3. The van der Waals surface area contributed by atoms with E-state index in [9.17, 15) is 5.11 Å². The third-order valence-electron chi connectivity index (χ3n) is 4.78. The average Bonchev–Trinajstić information content (AvgIpc) is 2.60. The summed E-state index contributed by atoms with van der Waals surface area (Å²) < 4.78 is 6.06. The van der Waals surface area contributed by atoms with Gasteiger partial charge in [0.15, 0.2) is 0 Å². The molecule has 3 nitrogen and oxygen atoms in total. The quantitative estimate of drug-likeness (QED) is 0.632. The third kappa shape index (κ3) is 3.19. The van der Waals surface area contributed by atoms with Gasteiger partial charge in [-0.05, 0) is 56.0 Å². The Morgan fingerprint density at radius 3 is 2.28 bits per heavy atom. The first-order chi connectivity index (χ1) is 11.9. The van der Waals surface area contributed by atoms with Crippen LogP contribution >= 0.6 is 0 Å². The number of hydrogen-bond donors (Lipinski definition) is 1. The van der Waals surface area contributed by atoms with Crippen LogP contribution < -0.4 is 4.74 Å². The summed E-state index contributed by atoms with van der Waals surface area (Å²) in [4.78, 5) is 4.68.